The molecule has 0 aliphatic carbocycles. The molecule has 6 nitrogen and oxygen atoms in total. The third-order valence-electron chi connectivity index (χ3n) is 4.29. The van der Waals surface area contributed by atoms with Crippen LogP contribution in [-0.4, -0.2) is 22.6 Å². The second-order valence-electron chi connectivity index (χ2n) is 6.46. The Hall–Kier alpha value is -3.64. The molecule has 0 atom stereocenters. The van der Waals surface area contributed by atoms with E-state index in [1.54, 1.807) is 36.4 Å². The topological polar surface area (TPSA) is 77.3 Å². The van der Waals surface area contributed by atoms with Gasteiger partial charge in [0.05, 0.1) is 0 Å². The molecule has 1 N–H and O–H groups in total. The monoisotopic (exact) mass is 419 g/mol. The van der Waals surface area contributed by atoms with Crippen molar-refractivity contribution in [3.8, 4) is 22.9 Å². The highest BCUT2D eigenvalue weighted by molar-refractivity contribution is 6.30. The normalized spacial score (nSPS) is 10.6. The second kappa shape index (κ2) is 9.24. The molecule has 0 unspecified atom stereocenters. The third-order valence-corrected chi connectivity index (χ3v) is 4.54. The molecule has 4 aromatic rings. The first-order chi connectivity index (χ1) is 14.7. The molecule has 1 heterocycles. The number of para-hydroxylation sites is 1. The molecule has 3 aromatic carbocycles. The number of carbonyl (C=O) groups excluding carboxylic acids is 1. The molecular formula is C23H18ClN3O3. The van der Waals surface area contributed by atoms with Gasteiger partial charge in [-0.2, -0.15) is 4.98 Å². The number of hydrogen-bond donors (Lipinski definition) is 1. The molecule has 1 amide bonds. The number of carbonyl (C=O) groups is 1. The standard InChI is InChI=1S/C23H18ClN3O3/c24-18-10-6-16(7-11-18)22-26-21(30-27-22)14-15-25-23(28)17-8-12-20(13-9-17)29-19-4-2-1-3-5-19/h1-13H,14-15H2,(H,25,28). The Morgan fingerprint density at radius 2 is 1.63 bits per heavy atom. The summed E-state index contributed by atoms with van der Waals surface area (Å²) in [6.45, 7) is 0.378. The van der Waals surface area contributed by atoms with E-state index >= 15 is 0 Å². The summed E-state index contributed by atoms with van der Waals surface area (Å²) in [5.74, 6) is 2.16. The summed E-state index contributed by atoms with van der Waals surface area (Å²) < 4.78 is 11.0. The summed E-state index contributed by atoms with van der Waals surface area (Å²) in [6.07, 6.45) is 0.432. The number of aromatic nitrogens is 2. The quantitative estimate of drug-likeness (QED) is 0.448. The molecule has 150 valence electrons. The summed E-state index contributed by atoms with van der Waals surface area (Å²) in [7, 11) is 0. The Morgan fingerprint density at radius 1 is 0.933 bits per heavy atom. The molecule has 0 aliphatic heterocycles. The van der Waals surface area contributed by atoms with Crippen LogP contribution in [0.3, 0.4) is 0 Å². The van der Waals surface area contributed by atoms with Gasteiger partial charge < -0.3 is 14.6 Å². The Kier molecular flexibility index (Phi) is 6.06. The van der Waals surface area contributed by atoms with Crippen LogP contribution in [0.5, 0.6) is 11.5 Å². The average molecular weight is 420 g/mol. The molecule has 0 spiro atoms. The molecule has 0 radical (unpaired) electrons. The Morgan fingerprint density at radius 3 is 2.37 bits per heavy atom. The van der Waals surface area contributed by atoms with Crippen molar-refractivity contribution >= 4 is 17.5 Å². The zero-order valence-corrected chi connectivity index (χ0v) is 16.7. The van der Waals surface area contributed by atoms with E-state index in [1.165, 1.54) is 0 Å². The van der Waals surface area contributed by atoms with Crippen molar-refractivity contribution in [2.75, 3.05) is 6.54 Å². The van der Waals surface area contributed by atoms with E-state index in [0.717, 1.165) is 11.3 Å². The van der Waals surface area contributed by atoms with Crippen LogP contribution < -0.4 is 10.1 Å². The first kappa shape index (κ1) is 19.7. The lowest BCUT2D eigenvalue weighted by Gasteiger charge is -2.07. The summed E-state index contributed by atoms with van der Waals surface area (Å²) in [6, 6.07) is 23.6. The van der Waals surface area contributed by atoms with E-state index in [9.17, 15) is 4.79 Å². The van der Waals surface area contributed by atoms with Crippen LogP contribution in [0.1, 0.15) is 16.2 Å². The highest BCUT2D eigenvalue weighted by atomic mass is 35.5. The molecule has 0 saturated carbocycles. The predicted molar refractivity (Wildman–Crippen MR) is 114 cm³/mol. The van der Waals surface area contributed by atoms with Crippen molar-refractivity contribution in [1.82, 2.24) is 15.5 Å². The fourth-order valence-corrected chi connectivity index (χ4v) is 2.88. The zero-order valence-electron chi connectivity index (χ0n) is 15.9. The van der Waals surface area contributed by atoms with Gasteiger partial charge in [0.1, 0.15) is 11.5 Å². The zero-order chi connectivity index (χ0) is 20.8. The number of nitrogens with zero attached hydrogens (tertiary/aromatic N) is 2. The van der Waals surface area contributed by atoms with Crippen LogP contribution in [0.4, 0.5) is 0 Å². The van der Waals surface area contributed by atoms with Gasteiger partial charge in [0.2, 0.25) is 11.7 Å². The molecule has 0 fully saturated rings. The molecule has 0 aliphatic rings. The van der Waals surface area contributed by atoms with E-state index in [1.807, 2.05) is 42.5 Å². The number of amides is 1. The van der Waals surface area contributed by atoms with Crippen molar-refractivity contribution in [1.29, 1.82) is 0 Å². The minimum absolute atomic E-state index is 0.182. The van der Waals surface area contributed by atoms with Crippen molar-refractivity contribution < 1.29 is 14.1 Å². The maximum atomic E-state index is 12.3. The molecule has 7 heteroatoms. The molecule has 0 bridgehead atoms. The highest BCUT2D eigenvalue weighted by Crippen LogP contribution is 2.21. The lowest BCUT2D eigenvalue weighted by atomic mass is 10.2. The predicted octanol–water partition coefficient (Wildman–Crippen LogP) is 5.15. The number of nitrogens with one attached hydrogen (secondary N) is 1. The minimum Gasteiger partial charge on any atom is -0.457 e. The van der Waals surface area contributed by atoms with Crippen LogP contribution in [-0.2, 0) is 6.42 Å². The summed E-state index contributed by atoms with van der Waals surface area (Å²) >= 11 is 5.89. The minimum atomic E-state index is -0.182. The largest absolute Gasteiger partial charge is 0.457 e. The van der Waals surface area contributed by atoms with E-state index in [0.29, 0.717) is 41.0 Å². The number of rotatable bonds is 7. The fraction of sp³-hybridized carbons (Fsp3) is 0.0870. The SMILES string of the molecule is O=C(NCCc1nc(-c2ccc(Cl)cc2)no1)c1ccc(Oc2ccccc2)cc1. The Bertz CT molecular complexity index is 1110. The highest BCUT2D eigenvalue weighted by Gasteiger charge is 2.10. The van der Waals surface area contributed by atoms with Crippen molar-refractivity contribution in [3.63, 3.8) is 0 Å². The first-order valence-electron chi connectivity index (χ1n) is 9.37. The van der Waals surface area contributed by atoms with E-state index in [4.69, 9.17) is 20.9 Å². The molecule has 4 rings (SSSR count). The molecule has 1 aromatic heterocycles. The van der Waals surface area contributed by atoms with Gasteiger partial charge in [0.25, 0.3) is 5.91 Å². The van der Waals surface area contributed by atoms with Crippen molar-refractivity contribution in [2.24, 2.45) is 0 Å². The van der Waals surface area contributed by atoms with Gasteiger partial charge >= 0.3 is 0 Å². The summed E-state index contributed by atoms with van der Waals surface area (Å²) in [5.41, 5.74) is 1.36. The van der Waals surface area contributed by atoms with E-state index in [-0.39, 0.29) is 5.91 Å². The number of ether oxygens (including phenoxy) is 1. The fourth-order valence-electron chi connectivity index (χ4n) is 2.76. The van der Waals surface area contributed by atoms with Crippen LogP contribution in [0, 0.1) is 0 Å². The first-order valence-corrected chi connectivity index (χ1v) is 9.75. The van der Waals surface area contributed by atoms with E-state index < -0.39 is 0 Å². The van der Waals surface area contributed by atoms with E-state index in [2.05, 4.69) is 15.5 Å². The lowest BCUT2D eigenvalue weighted by Crippen LogP contribution is -2.25. The van der Waals surface area contributed by atoms with Crippen LogP contribution in [0.2, 0.25) is 5.02 Å². The number of hydrogen-bond acceptors (Lipinski definition) is 5. The van der Waals surface area contributed by atoms with Gasteiger partial charge in [-0.3, -0.25) is 4.79 Å². The van der Waals surface area contributed by atoms with Crippen molar-refractivity contribution in [3.05, 3.63) is 95.3 Å². The van der Waals surface area contributed by atoms with Crippen LogP contribution in [0.15, 0.2) is 83.4 Å². The van der Waals surface area contributed by atoms with Crippen LogP contribution in [0.25, 0.3) is 11.4 Å². The summed E-state index contributed by atoms with van der Waals surface area (Å²) in [5, 5.41) is 7.45. The lowest BCUT2D eigenvalue weighted by molar-refractivity contribution is 0.0953. The van der Waals surface area contributed by atoms with Gasteiger partial charge in [-0.15, -0.1) is 0 Å². The average Bonchev–Trinajstić information content (AvgIpc) is 3.24. The molecular weight excluding hydrogens is 402 g/mol. The van der Waals surface area contributed by atoms with Gasteiger partial charge in [0, 0.05) is 29.1 Å². The maximum absolute atomic E-state index is 12.3. The van der Waals surface area contributed by atoms with Crippen LogP contribution >= 0.6 is 11.6 Å². The molecule has 30 heavy (non-hydrogen) atoms. The summed E-state index contributed by atoms with van der Waals surface area (Å²) in [4.78, 5) is 16.7. The Balaban J connectivity index is 1.28. The smallest absolute Gasteiger partial charge is 0.251 e. The molecule has 0 saturated heterocycles. The third kappa shape index (κ3) is 5.04. The van der Waals surface area contributed by atoms with Gasteiger partial charge in [0.15, 0.2) is 0 Å². The maximum Gasteiger partial charge on any atom is 0.251 e. The van der Waals surface area contributed by atoms with Gasteiger partial charge in [-0.1, -0.05) is 35.0 Å². The van der Waals surface area contributed by atoms with Gasteiger partial charge in [-0.05, 0) is 60.7 Å². The second-order valence-corrected chi connectivity index (χ2v) is 6.90. The van der Waals surface area contributed by atoms with Gasteiger partial charge in [-0.25, -0.2) is 0 Å². The van der Waals surface area contributed by atoms with Crippen molar-refractivity contribution in [2.45, 2.75) is 6.42 Å². The number of halogens is 1. The Labute approximate surface area is 178 Å². The number of benzene rings is 3.